The molecule has 0 aromatic rings. The minimum Gasteiger partial charge on any atom is -0.152 e. The zero-order valence-corrected chi connectivity index (χ0v) is 6.74. The molecule has 0 N–H and O–H groups in total. The van der Waals surface area contributed by atoms with Crippen LogP contribution in [0.2, 0.25) is 0 Å². The third kappa shape index (κ3) is 2.20. The molecule has 8 heavy (non-hydrogen) atoms. The number of hydrogen-bond acceptors (Lipinski definition) is 3. The van der Waals surface area contributed by atoms with Gasteiger partial charge in [-0.1, -0.05) is 30.1 Å². The van der Waals surface area contributed by atoms with E-state index in [4.69, 9.17) is 12.2 Å². The predicted molar refractivity (Wildman–Crippen MR) is 46.7 cm³/mol. The van der Waals surface area contributed by atoms with Crippen LogP contribution < -0.4 is 0 Å². The van der Waals surface area contributed by atoms with Gasteiger partial charge in [0, 0.05) is 11.5 Å². The first-order chi connectivity index (χ1) is 3.89. The van der Waals surface area contributed by atoms with Crippen molar-refractivity contribution in [2.24, 2.45) is 0 Å². The smallest absolute Gasteiger partial charge is 0.0620 e. The van der Waals surface area contributed by atoms with E-state index in [-0.39, 0.29) is 0 Å². The molecule has 0 aromatic heterocycles. The van der Waals surface area contributed by atoms with Crippen LogP contribution in [0.4, 0.5) is 0 Å². The molecule has 44 valence electrons. The van der Waals surface area contributed by atoms with Crippen LogP contribution in [-0.2, 0) is 0 Å². The summed E-state index contributed by atoms with van der Waals surface area (Å²) in [5.41, 5.74) is 0. The Morgan fingerprint density at radius 2 is 2.50 bits per heavy atom. The third-order valence-electron chi connectivity index (χ3n) is 0.730. The topological polar surface area (TPSA) is 0 Å². The van der Waals surface area contributed by atoms with E-state index in [1.54, 1.807) is 11.8 Å². The Balaban J connectivity index is 2.41. The fraction of sp³-hybridized carbons (Fsp3) is 0.400. The highest BCUT2D eigenvalue weighted by Crippen LogP contribution is 2.16. The van der Waals surface area contributed by atoms with Crippen LogP contribution in [-0.4, -0.2) is 15.7 Å². The maximum Gasteiger partial charge on any atom is 0.0620 e. The molecular formula is C5H6S3. The zero-order chi connectivity index (χ0) is 5.82. The molecule has 0 aromatic carbocycles. The van der Waals surface area contributed by atoms with Crippen molar-refractivity contribution in [1.82, 2.24) is 0 Å². The number of thiocarbonyl (C=S) groups is 1. The van der Waals surface area contributed by atoms with Gasteiger partial charge in [0.05, 0.1) is 4.20 Å². The molecule has 0 bridgehead atoms. The summed E-state index contributed by atoms with van der Waals surface area (Å²) in [4.78, 5) is 0. The summed E-state index contributed by atoms with van der Waals surface area (Å²) in [7, 11) is 0. The van der Waals surface area contributed by atoms with E-state index in [9.17, 15) is 0 Å². The molecular weight excluding hydrogens is 156 g/mol. The van der Waals surface area contributed by atoms with Gasteiger partial charge in [0.1, 0.15) is 0 Å². The van der Waals surface area contributed by atoms with Crippen LogP contribution in [0.15, 0.2) is 11.5 Å². The predicted octanol–water partition coefficient (Wildman–Crippen LogP) is 2.31. The standard InChI is InChI=1S/C5H6S3/c6-5-4-7-2-1-3-8-5/h1,3H,2,4H2. The molecule has 0 saturated heterocycles. The van der Waals surface area contributed by atoms with Gasteiger partial charge in [-0.25, -0.2) is 0 Å². The molecule has 0 spiro atoms. The maximum atomic E-state index is 4.98. The summed E-state index contributed by atoms with van der Waals surface area (Å²) in [5.74, 6) is 2.15. The van der Waals surface area contributed by atoms with Gasteiger partial charge in [-0.15, -0.1) is 0 Å². The molecule has 3 heteroatoms. The van der Waals surface area contributed by atoms with E-state index in [1.165, 1.54) is 0 Å². The van der Waals surface area contributed by atoms with Gasteiger partial charge >= 0.3 is 0 Å². The Kier molecular flexibility index (Phi) is 2.94. The van der Waals surface area contributed by atoms with Crippen LogP contribution in [0.25, 0.3) is 0 Å². The molecule has 0 radical (unpaired) electrons. The van der Waals surface area contributed by atoms with Crippen LogP contribution in [0, 0.1) is 0 Å². The molecule has 1 rings (SSSR count). The van der Waals surface area contributed by atoms with Crippen molar-refractivity contribution >= 4 is 39.9 Å². The van der Waals surface area contributed by atoms with Gasteiger partial charge < -0.3 is 0 Å². The van der Waals surface area contributed by atoms with Crippen LogP contribution in [0.1, 0.15) is 0 Å². The highest BCUT2D eigenvalue weighted by Gasteiger charge is 1.97. The average molecular weight is 162 g/mol. The van der Waals surface area contributed by atoms with E-state index in [2.05, 4.69) is 11.5 Å². The number of rotatable bonds is 0. The van der Waals surface area contributed by atoms with Crippen molar-refractivity contribution in [2.45, 2.75) is 0 Å². The fourth-order valence-electron chi connectivity index (χ4n) is 0.408. The molecule has 1 aliphatic heterocycles. The lowest BCUT2D eigenvalue weighted by atomic mass is 10.8. The monoisotopic (exact) mass is 162 g/mol. The first kappa shape index (κ1) is 6.65. The van der Waals surface area contributed by atoms with Crippen molar-refractivity contribution in [3.05, 3.63) is 11.5 Å². The second-order valence-electron chi connectivity index (χ2n) is 1.38. The maximum absolute atomic E-state index is 4.98. The lowest BCUT2D eigenvalue weighted by Gasteiger charge is -1.90. The summed E-state index contributed by atoms with van der Waals surface area (Å²) in [6, 6.07) is 0. The van der Waals surface area contributed by atoms with Gasteiger partial charge in [0.15, 0.2) is 0 Å². The second kappa shape index (κ2) is 3.54. The Bertz CT molecular complexity index is 117. The second-order valence-corrected chi connectivity index (χ2v) is 4.16. The minimum absolute atomic E-state index is 1.03. The van der Waals surface area contributed by atoms with E-state index >= 15 is 0 Å². The number of thioether (sulfide) groups is 2. The lowest BCUT2D eigenvalue weighted by molar-refractivity contribution is 1.80. The van der Waals surface area contributed by atoms with Crippen LogP contribution in [0.5, 0.6) is 0 Å². The summed E-state index contributed by atoms with van der Waals surface area (Å²) >= 11 is 8.53. The minimum atomic E-state index is 1.03. The van der Waals surface area contributed by atoms with Gasteiger partial charge in [0.2, 0.25) is 0 Å². The van der Waals surface area contributed by atoms with Crippen molar-refractivity contribution in [3.8, 4) is 0 Å². The van der Waals surface area contributed by atoms with Gasteiger partial charge in [-0.05, 0) is 5.41 Å². The van der Waals surface area contributed by atoms with E-state index in [0.717, 1.165) is 15.7 Å². The highest BCUT2D eigenvalue weighted by atomic mass is 32.2. The first-order valence-electron chi connectivity index (χ1n) is 2.32. The Morgan fingerprint density at radius 1 is 1.62 bits per heavy atom. The van der Waals surface area contributed by atoms with Crippen molar-refractivity contribution < 1.29 is 0 Å². The molecule has 0 fully saturated rings. The molecule has 0 unspecified atom stereocenters. The largest absolute Gasteiger partial charge is 0.152 e. The van der Waals surface area contributed by atoms with E-state index in [0.29, 0.717) is 0 Å². The van der Waals surface area contributed by atoms with Gasteiger partial charge in [0.25, 0.3) is 0 Å². The van der Waals surface area contributed by atoms with E-state index < -0.39 is 0 Å². The lowest BCUT2D eigenvalue weighted by Crippen LogP contribution is -1.86. The zero-order valence-electron chi connectivity index (χ0n) is 4.29. The Morgan fingerprint density at radius 3 is 3.38 bits per heavy atom. The first-order valence-corrected chi connectivity index (χ1v) is 4.76. The molecule has 0 atom stereocenters. The van der Waals surface area contributed by atoms with Crippen molar-refractivity contribution in [2.75, 3.05) is 11.5 Å². The quantitative estimate of drug-likeness (QED) is 0.502. The number of hydrogen-bond donors (Lipinski definition) is 0. The summed E-state index contributed by atoms with van der Waals surface area (Å²) < 4.78 is 1.10. The fourth-order valence-corrected chi connectivity index (χ4v) is 2.33. The third-order valence-corrected chi connectivity index (χ3v) is 3.18. The molecule has 0 aliphatic carbocycles. The van der Waals surface area contributed by atoms with Crippen LogP contribution in [0.3, 0.4) is 0 Å². The highest BCUT2D eigenvalue weighted by molar-refractivity contribution is 8.26. The SMILES string of the molecule is S=C1CSCC=CS1. The summed E-state index contributed by atoms with van der Waals surface area (Å²) in [6.45, 7) is 0. The Hall–Kier alpha value is 0.530. The molecule has 0 nitrogen and oxygen atoms in total. The Labute approximate surface area is 63.1 Å². The summed E-state index contributed by atoms with van der Waals surface area (Å²) in [5, 5.41) is 2.07. The van der Waals surface area contributed by atoms with E-state index in [1.807, 2.05) is 11.8 Å². The van der Waals surface area contributed by atoms with Crippen molar-refractivity contribution in [1.29, 1.82) is 0 Å². The van der Waals surface area contributed by atoms with Crippen molar-refractivity contribution in [3.63, 3.8) is 0 Å². The molecule has 1 aliphatic rings. The molecule has 0 amide bonds. The van der Waals surface area contributed by atoms with Gasteiger partial charge in [-0.2, -0.15) is 11.8 Å². The molecule has 0 saturated carbocycles. The molecule has 1 heterocycles. The average Bonchev–Trinajstić information content (AvgIpc) is 1.94. The van der Waals surface area contributed by atoms with Crippen LogP contribution >= 0.6 is 35.7 Å². The van der Waals surface area contributed by atoms with Gasteiger partial charge in [-0.3, -0.25) is 0 Å². The normalized spacial score (nSPS) is 20.8. The summed E-state index contributed by atoms with van der Waals surface area (Å²) in [6.07, 6.45) is 2.15.